The van der Waals surface area contributed by atoms with E-state index in [1.165, 1.54) is 5.56 Å². The molecular formula is C15H23N3O. The van der Waals surface area contributed by atoms with E-state index in [9.17, 15) is 4.79 Å². The Kier molecular flexibility index (Phi) is 5.85. The summed E-state index contributed by atoms with van der Waals surface area (Å²) >= 11 is 0. The summed E-state index contributed by atoms with van der Waals surface area (Å²) in [6.45, 7) is 6.00. The topological polar surface area (TPSA) is 44.4 Å². The highest BCUT2D eigenvalue weighted by Gasteiger charge is 2.09. The van der Waals surface area contributed by atoms with Gasteiger partial charge in [-0.1, -0.05) is 30.3 Å². The first kappa shape index (κ1) is 14.0. The zero-order valence-electron chi connectivity index (χ0n) is 11.4. The second-order valence-corrected chi connectivity index (χ2v) is 4.93. The lowest BCUT2D eigenvalue weighted by Crippen LogP contribution is -2.46. The van der Waals surface area contributed by atoms with Gasteiger partial charge in [-0.25, -0.2) is 0 Å². The van der Waals surface area contributed by atoms with Gasteiger partial charge in [0.15, 0.2) is 0 Å². The number of aryl methyl sites for hydroxylation is 1. The molecule has 0 atom stereocenters. The molecule has 0 aliphatic carbocycles. The van der Waals surface area contributed by atoms with Gasteiger partial charge in [0.1, 0.15) is 0 Å². The molecule has 1 heterocycles. The zero-order valence-corrected chi connectivity index (χ0v) is 11.4. The van der Waals surface area contributed by atoms with Crippen LogP contribution in [-0.4, -0.2) is 50.1 Å². The van der Waals surface area contributed by atoms with Crippen LogP contribution < -0.4 is 10.6 Å². The van der Waals surface area contributed by atoms with Crippen LogP contribution in [0.25, 0.3) is 0 Å². The minimum absolute atomic E-state index is 0.152. The SMILES string of the molecule is O=C(CCc1ccccc1)NCCN1CCNCC1. The molecule has 0 saturated carbocycles. The van der Waals surface area contributed by atoms with Crippen molar-refractivity contribution in [3.63, 3.8) is 0 Å². The van der Waals surface area contributed by atoms with Gasteiger partial charge >= 0.3 is 0 Å². The van der Waals surface area contributed by atoms with E-state index >= 15 is 0 Å². The number of carbonyl (C=O) groups is 1. The number of piperazine rings is 1. The maximum atomic E-state index is 11.7. The number of rotatable bonds is 6. The molecule has 1 saturated heterocycles. The van der Waals surface area contributed by atoms with Gasteiger partial charge in [0.2, 0.25) is 5.91 Å². The van der Waals surface area contributed by atoms with E-state index in [0.717, 1.165) is 45.7 Å². The Morgan fingerprint density at radius 3 is 2.68 bits per heavy atom. The molecule has 1 aromatic carbocycles. The molecule has 0 aromatic heterocycles. The van der Waals surface area contributed by atoms with Crippen LogP contribution in [-0.2, 0) is 11.2 Å². The third-order valence-electron chi connectivity index (χ3n) is 3.44. The fourth-order valence-electron chi connectivity index (χ4n) is 2.28. The van der Waals surface area contributed by atoms with Gasteiger partial charge in [-0.2, -0.15) is 0 Å². The normalized spacial score (nSPS) is 16.2. The lowest BCUT2D eigenvalue weighted by atomic mass is 10.1. The van der Waals surface area contributed by atoms with Gasteiger partial charge in [0.25, 0.3) is 0 Å². The lowest BCUT2D eigenvalue weighted by Gasteiger charge is -2.27. The average Bonchev–Trinajstić information content (AvgIpc) is 2.47. The molecule has 0 unspecified atom stereocenters. The van der Waals surface area contributed by atoms with Crippen molar-refractivity contribution in [3.8, 4) is 0 Å². The predicted octanol–water partition coefficient (Wildman–Crippen LogP) is 0.641. The molecule has 1 aliphatic rings. The maximum absolute atomic E-state index is 11.7. The van der Waals surface area contributed by atoms with Crippen LogP contribution in [0.3, 0.4) is 0 Å². The van der Waals surface area contributed by atoms with Gasteiger partial charge in [0, 0.05) is 45.7 Å². The van der Waals surface area contributed by atoms with Gasteiger partial charge in [-0.15, -0.1) is 0 Å². The van der Waals surface area contributed by atoms with Crippen LogP contribution >= 0.6 is 0 Å². The molecule has 104 valence electrons. The Hall–Kier alpha value is -1.39. The predicted molar refractivity (Wildman–Crippen MR) is 77.1 cm³/mol. The van der Waals surface area contributed by atoms with Crippen molar-refractivity contribution < 1.29 is 4.79 Å². The first-order valence-corrected chi connectivity index (χ1v) is 7.08. The van der Waals surface area contributed by atoms with E-state index < -0.39 is 0 Å². The van der Waals surface area contributed by atoms with E-state index in [1.807, 2.05) is 18.2 Å². The molecule has 1 aliphatic heterocycles. The summed E-state index contributed by atoms with van der Waals surface area (Å²) < 4.78 is 0. The van der Waals surface area contributed by atoms with Crippen LogP contribution in [0.2, 0.25) is 0 Å². The number of nitrogens with one attached hydrogen (secondary N) is 2. The molecule has 19 heavy (non-hydrogen) atoms. The Morgan fingerprint density at radius 1 is 1.21 bits per heavy atom. The van der Waals surface area contributed by atoms with E-state index in [4.69, 9.17) is 0 Å². The molecule has 4 nitrogen and oxygen atoms in total. The minimum atomic E-state index is 0.152. The van der Waals surface area contributed by atoms with Crippen LogP contribution in [0.15, 0.2) is 30.3 Å². The van der Waals surface area contributed by atoms with Gasteiger partial charge in [0.05, 0.1) is 0 Å². The third-order valence-corrected chi connectivity index (χ3v) is 3.44. The second-order valence-electron chi connectivity index (χ2n) is 4.93. The Bertz CT molecular complexity index is 374. The van der Waals surface area contributed by atoms with Crippen molar-refractivity contribution >= 4 is 5.91 Å². The zero-order chi connectivity index (χ0) is 13.3. The summed E-state index contributed by atoms with van der Waals surface area (Å²) in [6, 6.07) is 10.1. The lowest BCUT2D eigenvalue weighted by molar-refractivity contribution is -0.121. The maximum Gasteiger partial charge on any atom is 0.220 e. The van der Waals surface area contributed by atoms with Gasteiger partial charge < -0.3 is 10.6 Å². The van der Waals surface area contributed by atoms with Crippen molar-refractivity contribution in [2.75, 3.05) is 39.3 Å². The monoisotopic (exact) mass is 261 g/mol. The summed E-state index contributed by atoms with van der Waals surface area (Å²) in [5.41, 5.74) is 1.22. The number of benzene rings is 1. The van der Waals surface area contributed by atoms with Crippen molar-refractivity contribution in [3.05, 3.63) is 35.9 Å². The highest BCUT2D eigenvalue weighted by molar-refractivity contribution is 5.76. The quantitative estimate of drug-likeness (QED) is 0.790. The highest BCUT2D eigenvalue weighted by Crippen LogP contribution is 2.01. The van der Waals surface area contributed by atoms with E-state index in [2.05, 4.69) is 27.7 Å². The number of carbonyl (C=O) groups excluding carboxylic acids is 1. The minimum Gasteiger partial charge on any atom is -0.355 e. The van der Waals surface area contributed by atoms with Crippen molar-refractivity contribution in [2.45, 2.75) is 12.8 Å². The van der Waals surface area contributed by atoms with E-state index in [1.54, 1.807) is 0 Å². The van der Waals surface area contributed by atoms with Gasteiger partial charge in [-0.05, 0) is 12.0 Å². The fraction of sp³-hybridized carbons (Fsp3) is 0.533. The smallest absolute Gasteiger partial charge is 0.220 e. The summed E-state index contributed by atoms with van der Waals surface area (Å²) in [5, 5.41) is 6.32. The molecule has 0 bridgehead atoms. The van der Waals surface area contributed by atoms with Crippen LogP contribution in [0, 0.1) is 0 Å². The number of amides is 1. The highest BCUT2D eigenvalue weighted by atomic mass is 16.1. The van der Waals surface area contributed by atoms with E-state index in [0.29, 0.717) is 6.42 Å². The third kappa shape index (κ3) is 5.41. The molecule has 2 rings (SSSR count). The Morgan fingerprint density at radius 2 is 1.95 bits per heavy atom. The number of hydrogen-bond acceptors (Lipinski definition) is 3. The first-order chi connectivity index (χ1) is 9.34. The van der Waals surface area contributed by atoms with E-state index in [-0.39, 0.29) is 5.91 Å². The molecule has 0 spiro atoms. The molecule has 0 radical (unpaired) electrons. The summed E-state index contributed by atoms with van der Waals surface area (Å²) in [4.78, 5) is 14.1. The van der Waals surface area contributed by atoms with Gasteiger partial charge in [-0.3, -0.25) is 9.69 Å². The van der Waals surface area contributed by atoms with Crippen LogP contribution in [0.1, 0.15) is 12.0 Å². The Labute approximate surface area is 115 Å². The summed E-state index contributed by atoms with van der Waals surface area (Å²) in [5.74, 6) is 0.152. The average molecular weight is 261 g/mol. The largest absolute Gasteiger partial charge is 0.355 e. The summed E-state index contributed by atoms with van der Waals surface area (Å²) in [6.07, 6.45) is 1.39. The number of nitrogens with zero attached hydrogens (tertiary/aromatic N) is 1. The molecule has 1 amide bonds. The fourth-order valence-corrected chi connectivity index (χ4v) is 2.28. The standard InChI is InChI=1S/C15H23N3O/c19-15(7-6-14-4-2-1-3-5-14)17-10-13-18-11-8-16-9-12-18/h1-5,16H,6-13H2,(H,17,19). The van der Waals surface area contributed by atoms with Crippen LogP contribution in [0.5, 0.6) is 0 Å². The molecular weight excluding hydrogens is 238 g/mol. The van der Waals surface area contributed by atoms with Crippen LogP contribution in [0.4, 0.5) is 0 Å². The van der Waals surface area contributed by atoms with Crippen molar-refractivity contribution in [1.82, 2.24) is 15.5 Å². The molecule has 2 N–H and O–H groups in total. The first-order valence-electron chi connectivity index (χ1n) is 7.08. The van der Waals surface area contributed by atoms with Crippen molar-refractivity contribution in [1.29, 1.82) is 0 Å². The molecule has 1 fully saturated rings. The molecule has 1 aromatic rings. The Balaban J connectivity index is 1.57. The van der Waals surface area contributed by atoms with Crippen molar-refractivity contribution in [2.24, 2.45) is 0 Å². The second kappa shape index (κ2) is 7.92. The molecule has 4 heteroatoms. The summed E-state index contributed by atoms with van der Waals surface area (Å²) in [7, 11) is 0. The number of hydrogen-bond donors (Lipinski definition) is 2.